The quantitative estimate of drug-likeness (QED) is 0.262. The summed E-state index contributed by atoms with van der Waals surface area (Å²) in [6.07, 6.45) is 38.4. The van der Waals surface area contributed by atoms with Crippen molar-refractivity contribution in [3.63, 3.8) is 0 Å². The molecule has 0 amide bonds. The Kier molecular flexibility index (Phi) is 11.7. The van der Waals surface area contributed by atoms with Crippen LogP contribution in [0.5, 0.6) is 0 Å². The molecule has 3 saturated carbocycles. The van der Waals surface area contributed by atoms with Crippen molar-refractivity contribution in [3.8, 4) is 0 Å². The van der Waals surface area contributed by atoms with Gasteiger partial charge in [0.25, 0.3) is 0 Å². The molecule has 0 spiro atoms. The number of unbranched alkanes of at least 4 members (excludes halogenated alkanes) is 8. The summed E-state index contributed by atoms with van der Waals surface area (Å²) in [7, 11) is 0. The minimum atomic E-state index is 0.752. The van der Waals surface area contributed by atoms with E-state index in [-0.39, 0.29) is 0 Å². The fraction of sp³-hybridized carbons (Fsp3) is 1.00. The Labute approximate surface area is 190 Å². The molecular weight excluding hydrogens is 360 g/mol. The molecule has 0 aromatic heterocycles. The largest absolute Gasteiger partial charge is 0.0654 e. The Morgan fingerprint density at radius 2 is 0.767 bits per heavy atom. The molecule has 0 heterocycles. The van der Waals surface area contributed by atoms with E-state index in [9.17, 15) is 0 Å². The lowest BCUT2D eigenvalue weighted by atomic mass is 9.50. The second-order valence-corrected chi connectivity index (χ2v) is 11.7. The van der Waals surface area contributed by atoms with Crippen LogP contribution in [0, 0.1) is 23.2 Å². The molecule has 3 rings (SSSR count). The standard InChI is InChI=1S/C30H56/c1-2-3-4-5-6-7-8-9-19-26-30(27-20-13-10-14-21-27,28-22-15-11-16-23-28)29-24-17-12-18-25-29/h27-29H,2-26H2,1H3. The van der Waals surface area contributed by atoms with Crippen LogP contribution in [0.3, 0.4) is 0 Å². The molecule has 3 aliphatic carbocycles. The molecule has 176 valence electrons. The van der Waals surface area contributed by atoms with Crippen LogP contribution in [0.4, 0.5) is 0 Å². The molecule has 3 aliphatic rings. The molecular formula is C30H56. The second-order valence-electron chi connectivity index (χ2n) is 11.7. The third-order valence-corrected chi connectivity index (χ3v) is 9.81. The van der Waals surface area contributed by atoms with Gasteiger partial charge >= 0.3 is 0 Å². The van der Waals surface area contributed by atoms with Crippen LogP contribution in [0.1, 0.15) is 167 Å². The summed E-state index contributed by atoms with van der Waals surface area (Å²) < 4.78 is 0. The number of hydrogen-bond donors (Lipinski definition) is 0. The Morgan fingerprint density at radius 3 is 1.13 bits per heavy atom. The zero-order valence-corrected chi connectivity index (χ0v) is 20.9. The fourth-order valence-electron chi connectivity index (χ4n) is 8.27. The first kappa shape index (κ1) is 24.6. The zero-order chi connectivity index (χ0) is 20.9. The molecule has 0 aromatic carbocycles. The summed E-state index contributed by atoms with van der Waals surface area (Å²) in [6, 6.07) is 0. The van der Waals surface area contributed by atoms with E-state index >= 15 is 0 Å². The highest BCUT2D eigenvalue weighted by molar-refractivity contribution is 4.99. The van der Waals surface area contributed by atoms with Crippen molar-refractivity contribution in [2.45, 2.75) is 167 Å². The van der Waals surface area contributed by atoms with Gasteiger partial charge in [-0.2, -0.15) is 0 Å². The van der Waals surface area contributed by atoms with Crippen LogP contribution in [0.2, 0.25) is 0 Å². The van der Waals surface area contributed by atoms with Gasteiger partial charge in [-0.1, -0.05) is 122 Å². The van der Waals surface area contributed by atoms with E-state index < -0.39 is 0 Å². The van der Waals surface area contributed by atoms with Gasteiger partial charge in [0.15, 0.2) is 0 Å². The van der Waals surface area contributed by atoms with Gasteiger partial charge in [0.1, 0.15) is 0 Å². The second kappa shape index (κ2) is 14.2. The summed E-state index contributed by atoms with van der Waals surface area (Å²) in [4.78, 5) is 0. The van der Waals surface area contributed by atoms with Crippen LogP contribution in [0.15, 0.2) is 0 Å². The average Bonchev–Trinajstić information content (AvgIpc) is 2.82. The van der Waals surface area contributed by atoms with Gasteiger partial charge in [0.05, 0.1) is 0 Å². The van der Waals surface area contributed by atoms with Crippen LogP contribution in [0.25, 0.3) is 0 Å². The predicted octanol–water partition coefficient (Wildman–Crippen LogP) is 10.6. The van der Waals surface area contributed by atoms with Crippen LogP contribution >= 0.6 is 0 Å². The third-order valence-electron chi connectivity index (χ3n) is 9.81. The van der Waals surface area contributed by atoms with Crippen molar-refractivity contribution in [2.24, 2.45) is 23.2 Å². The first-order valence-corrected chi connectivity index (χ1v) is 14.9. The molecule has 0 radical (unpaired) electrons. The highest BCUT2D eigenvalue weighted by Gasteiger charge is 2.49. The maximum Gasteiger partial charge on any atom is -0.0213 e. The van der Waals surface area contributed by atoms with Gasteiger partial charge in [-0.3, -0.25) is 0 Å². The first-order valence-electron chi connectivity index (χ1n) is 14.9. The predicted molar refractivity (Wildman–Crippen MR) is 134 cm³/mol. The topological polar surface area (TPSA) is 0 Å². The lowest BCUT2D eigenvalue weighted by Crippen LogP contribution is -2.47. The molecule has 0 nitrogen and oxygen atoms in total. The highest BCUT2D eigenvalue weighted by Crippen LogP contribution is 2.59. The molecule has 0 N–H and O–H groups in total. The first-order chi connectivity index (χ1) is 14.9. The summed E-state index contributed by atoms with van der Waals surface area (Å²) in [5.41, 5.74) is 0.752. The van der Waals surface area contributed by atoms with Gasteiger partial charge < -0.3 is 0 Å². The van der Waals surface area contributed by atoms with E-state index in [4.69, 9.17) is 0 Å². The minimum Gasteiger partial charge on any atom is -0.0654 e. The molecule has 0 aliphatic heterocycles. The van der Waals surface area contributed by atoms with E-state index in [1.807, 2.05) is 0 Å². The van der Waals surface area contributed by atoms with E-state index in [1.165, 1.54) is 70.6 Å². The van der Waals surface area contributed by atoms with Crippen molar-refractivity contribution >= 4 is 0 Å². The lowest BCUT2D eigenvalue weighted by molar-refractivity contribution is -0.0571. The summed E-state index contributed by atoms with van der Waals surface area (Å²) in [5.74, 6) is 3.27. The summed E-state index contributed by atoms with van der Waals surface area (Å²) in [5, 5.41) is 0. The molecule has 0 aromatic rings. The van der Waals surface area contributed by atoms with Gasteiger partial charge in [-0.25, -0.2) is 0 Å². The van der Waals surface area contributed by atoms with E-state index in [0.29, 0.717) is 0 Å². The van der Waals surface area contributed by atoms with Crippen molar-refractivity contribution in [1.29, 1.82) is 0 Å². The monoisotopic (exact) mass is 416 g/mol. The maximum atomic E-state index is 2.33. The van der Waals surface area contributed by atoms with Crippen molar-refractivity contribution in [1.82, 2.24) is 0 Å². The fourth-order valence-corrected chi connectivity index (χ4v) is 8.27. The van der Waals surface area contributed by atoms with E-state index in [0.717, 1.165) is 23.2 Å². The summed E-state index contributed by atoms with van der Waals surface area (Å²) >= 11 is 0. The van der Waals surface area contributed by atoms with Gasteiger partial charge in [-0.15, -0.1) is 0 Å². The Morgan fingerprint density at radius 1 is 0.433 bits per heavy atom. The molecule has 0 atom stereocenters. The van der Waals surface area contributed by atoms with Crippen LogP contribution < -0.4 is 0 Å². The minimum absolute atomic E-state index is 0.752. The lowest BCUT2D eigenvalue weighted by Gasteiger charge is -2.55. The normalized spacial score (nSPS) is 23.1. The van der Waals surface area contributed by atoms with Gasteiger partial charge in [0, 0.05) is 0 Å². The smallest absolute Gasteiger partial charge is 0.0213 e. The molecule has 3 fully saturated rings. The van der Waals surface area contributed by atoms with Crippen LogP contribution in [-0.2, 0) is 0 Å². The Bertz CT molecular complexity index is 360. The molecule has 30 heavy (non-hydrogen) atoms. The SMILES string of the molecule is CCCCCCCCCCCC(C1CCCCC1)(C1CCCCC1)C1CCCCC1. The van der Waals surface area contributed by atoms with E-state index in [1.54, 1.807) is 89.9 Å². The van der Waals surface area contributed by atoms with Crippen molar-refractivity contribution in [3.05, 3.63) is 0 Å². The third kappa shape index (κ3) is 7.00. The van der Waals surface area contributed by atoms with Gasteiger partial charge in [0.2, 0.25) is 0 Å². The molecule has 0 unspecified atom stereocenters. The molecule has 0 bridgehead atoms. The van der Waals surface area contributed by atoms with Crippen molar-refractivity contribution < 1.29 is 0 Å². The van der Waals surface area contributed by atoms with Crippen molar-refractivity contribution in [2.75, 3.05) is 0 Å². The molecule has 0 heteroatoms. The van der Waals surface area contributed by atoms with Gasteiger partial charge in [-0.05, 0) is 68.1 Å². The average molecular weight is 417 g/mol. The maximum absolute atomic E-state index is 2.33. The number of hydrogen-bond acceptors (Lipinski definition) is 0. The van der Waals surface area contributed by atoms with E-state index in [2.05, 4.69) is 6.92 Å². The highest BCUT2D eigenvalue weighted by atomic mass is 14.5. The summed E-state index contributed by atoms with van der Waals surface area (Å²) in [6.45, 7) is 2.33. The Balaban J connectivity index is 1.60. The molecule has 0 saturated heterocycles. The number of rotatable bonds is 13. The van der Waals surface area contributed by atoms with Crippen LogP contribution in [-0.4, -0.2) is 0 Å². The zero-order valence-electron chi connectivity index (χ0n) is 20.9. The Hall–Kier alpha value is 0.